The van der Waals surface area contributed by atoms with Crippen LogP contribution in [-0.4, -0.2) is 4.98 Å². The SMILES string of the molecule is Clc1cc(C(Br)Cc2nc3ccccc3o2)ccc1Br. The van der Waals surface area contributed by atoms with Gasteiger partial charge in [0.15, 0.2) is 11.5 Å². The van der Waals surface area contributed by atoms with Gasteiger partial charge in [-0.05, 0) is 45.8 Å². The first-order valence-corrected chi connectivity index (χ1v) is 8.15. The lowest BCUT2D eigenvalue weighted by atomic mass is 10.1. The molecule has 0 aliphatic heterocycles. The summed E-state index contributed by atoms with van der Waals surface area (Å²) >= 11 is 13.2. The molecule has 0 N–H and O–H groups in total. The zero-order chi connectivity index (χ0) is 14.1. The number of para-hydroxylation sites is 2. The average molecular weight is 416 g/mol. The Bertz CT molecular complexity index is 723. The van der Waals surface area contributed by atoms with E-state index in [1.807, 2.05) is 42.5 Å². The molecule has 0 saturated carbocycles. The summed E-state index contributed by atoms with van der Waals surface area (Å²) < 4.78 is 6.62. The lowest BCUT2D eigenvalue weighted by Crippen LogP contribution is -1.95. The van der Waals surface area contributed by atoms with Gasteiger partial charge in [0.05, 0.1) is 5.02 Å². The molecule has 0 aliphatic carbocycles. The second-order valence-electron chi connectivity index (χ2n) is 4.42. The van der Waals surface area contributed by atoms with Gasteiger partial charge in [-0.1, -0.05) is 45.7 Å². The van der Waals surface area contributed by atoms with Crippen LogP contribution in [-0.2, 0) is 6.42 Å². The summed E-state index contributed by atoms with van der Waals surface area (Å²) in [6.07, 6.45) is 0.673. The Morgan fingerprint density at radius 2 is 2.00 bits per heavy atom. The zero-order valence-electron chi connectivity index (χ0n) is 10.3. The summed E-state index contributed by atoms with van der Waals surface area (Å²) in [5.41, 5.74) is 2.80. The van der Waals surface area contributed by atoms with E-state index in [0.29, 0.717) is 17.3 Å². The quantitative estimate of drug-likeness (QED) is 0.496. The molecule has 1 aromatic heterocycles. The molecule has 1 atom stereocenters. The molecule has 1 unspecified atom stereocenters. The van der Waals surface area contributed by atoms with E-state index in [1.54, 1.807) is 0 Å². The molecule has 0 aliphatic rings. The molecule has 0 radical (unpaired) electrons. The molecule has 2 aromatic carbocycles. The van der Waals surface area contributed by atoms with Gasteiger partial charge in [-0.15, -0.1) is 0 Å². The van der Waals surface area contributed by atoms with Crippen molar-refractivity contribution in [2.24, 2.45) is 0 Å². The van der Waals surface area contributed by atoms with Crippen LogP contribution in [0.25, 0.3) is 11.1 Å². The largest absolute Gasteiger partial charge is 0.441 e. The summed E-state index contributed by atoms with van der Waals surface area (Å²) in [5, 5.41) is 0.699. The van der Waals surface area contributed by atoms with Crippen LogP contribution < -0.4 is 0 Å². The monoisotopic (exact) mass is 413 g/mol. The van der Waals surface area contributed by atoms with Crippen molar-refractivity contribution in [1.29, 1.82) is 0 Å². The Morgan fingerprint density at radius 3 is 2.75 bits per heavy atom. The van der Waals surface area contributed by atoms with E-state index in [4.69, 9.17) is 16.0 Å². The number of nitrogens with zero attached hydrogens (tertiary/aromatic N) is 1. The molecule has 102 valence electrons. The van der Waals surface area contributed by atoms with Crippen LogP contribution in [0, 0.1) is 0 Å². The van der Waals surface area contributed by atoms with Crippen molar-refractivity contribution in [1.82, 2.24) is 4.98 Å². The first-order valence-electron chi connectivity index (χ1n) is 6.07. The van der Waals surface area contributed by atoms with E-state index in [1.165, 1.54) is 0 Å². The molecule has 3 rings (SSSR count). The van der Waals surface area contributed by atoms with Gasteiger partial charge >= 0.3 is 0 Å². The maximum Gasteiger partial charge on any atom is 0.196 e. The van der Waals surface area contributed by atoms with Crippen molar-refractivity contribution < 1.29 is 4.42 Å². The summed E-state index contributed by atoms with van der Waals surface area (Å²) in [6, 6.07) is 13.7. The van der Waals surface area contributed by atoms with E-state index < -0.39 is 0 Å². The molecule has 0 fully saturated rings. The molecule has 3 aromatic rings. The molecular weight excluding hydrogens is 405 g/mol. The number of alkyl halides is 1. The van der Waals surface area contributed by atoms with E-state index in [-0.39, 0.29) is 4.83 Å². The Kier molecular flexibility index (Phi) is 4.15. The molecule has 20 heavy (non-hydrogen) atoms. The number of oxazole rings is 1. The van der Waals surface area contributed by atoms with Gasteiger partial charge in [-0.3, -0.25) is 0 Å². The van der Waals surface area contributed by atoms with Crippen molar-refractivity contribution in [3.8, 4) is 0 Å². The number of hydrogen-bond acceptors (Lipinski definition) is 2. The zero-order valence-corrected chi connectivity index (χ0v) is 14.2. The Hall–Kier alpha value is -0.840. The smallest absolute Gasteiger partial charge is 0.196 e. The van der Waals surface area contributed by atoms with E-state index in [0.717, 1.165) is 21.1 Å². The number of benzene rings is 2. The van der Waals surface area contributed by atoms with Gasteiger partial charge in [0.1, 0.15) is 5.52 Å². The first-order chi connectivity index (χ1) is 9.63. The fourth-order valence-corrected chi connectivity index (χ4v) is 2.98. The highest BCUT2D eigenvalue weighted by Crippen LogP contribution is 2.32. The van der Waals surface area contributed by atoms with Crippen LogP contribution in [0.4, 0.5) is 0 Å². The fourth-order valence-electron chi connectivity index (χ4n) is 1.99. The Labute approximate surface area is 138 Å². The minimum atomic E-state index is 0.112. The minimum absolute atomic E-state index is 0.112. The normalized spacial score (nSPS) is 12.8. The van der Waals surface area contributed by atoms with Crippen molar-refractivity contribution in [2.75, 3.05) is 0 Å². The molecule has 0 spiro atoms. The van der Waals surface area contributed by atoms with Gasteiger partial charge in [-0.2, -0.15) is 0 Å². The lowest BCUT2D eigenvalue weighted by molar-refractivity contribution is 0.527. The van der Waals surface area contributed by atoms with Gasteiger partial charge in [-0.25, -0.2) is 4.98 Å². The van der Waals surface area contributed by atoms with Crippen LogP contribution in [0.3, 0.4) is 0 Å². The third-order valence-corrected chi connectivity index (χ3v) is 5.08. The minimum Gasteiger partial charge on any atom is -0.441 e. The van der Waals surface area contributed by atoms with Crippen molar-refractivity contribution in [3.63, 3.8) is 0 Å². The van der Waals surface area contributed by atoms with Gasteiger partial charge in [0.2, 0.25) is 0 Å². The van der Waals surface area contributed by atoms with Crippen LogP contribution in [0.1, 0.15) is 16.3 Å². The second-order valence-corrected chi connectivity index (χ2v) is 6.79. The number of aromatic nitrogens is 1. The van der Waals surface area contributed by atoms with E-state index >= 15 is 0 Å². The fraction of sp³-hybridized carbons (Fsp3) is 0.133. The molecule has 5 heteroatoms. The topological polar surface area (TPSA) is 26.0 Å². The summed E-state index contributed by atoms with van der Waals surface area (Å²) in [4.78, 5) is 4.59. The number of fused-ring (bicyclic) bond motifs is 1. The third kappa shape index (κ3) is 2.92. The van der Waals surface area contributed by atoms with E-state index in [9.17, 15) is 0 Å². The number of halogens is 3. The molecule has 1 heterocycles. The molecule has 2 nitrogen and oxygen atoms in total. The first kappa shape index (κ1) is 14.1. The molecule has 0 amide bonds. The Morgan fingerprint density at radius 1 is 1.20 bits per heavy atom. The predicted molar refractivity (Wildman–Crippen MR) is 88.5 cm³/mol. The maximum atomic E-state index is 6.12. The molecule has 0 bridgehead atoms. The average Bonchev–Trinajstić information content (AvgIpc) is 2.83. The van der Waals surface area contributed by atoms with Gasteiger partial charge < -0.3 is 4.42 Å². The van der Waals surface area contributed by atoms with Crippen LogP contribution in [0.5, 0.6) is 0 Å². The number of rotatable bonds is 3. The van der Waals surface area contributed by atoms with Crippen molar-refractivity contribution in [3.05, 3.63) is 63.4 Å². The summed E-state index contributed by atoms with van der Waals surface area (Å²) in [7, 11) is 0. The highest BCUT2D eigenvalue weighted by atomic mass is 79.9. The van der Waals surface area contributed by atoms with Crippen molar-refractivity contribution in [2.45, 2.75) is 11.2 Å². The van der Waals surface area contributed by atoms with Crippen LogP contribution in [0.15, 0.2) is 51.4 Å². The maximum absolute atomic E-state index is 6.12. The molecule has 0 saturated heterocycles. The third-order valence-electron chi connectivity index (χ3n) is 3.00. The van der Waals surface area contributed by atoms with Crippen molar-refractivity contribution >= 4 is 54.6 Å². The molecular formula is C15H10Br2ClNO. The lowest BCUT2D eigenvalue weighted by Gasteiger charge is -2.08. The summed E-state index contributed by atoms with van der Waals surface area (Å²) in [6.45, 7) is 0. The number of hydrogen-bond donors (Lipinski definition) is 0. The van der Waals surface area contributed by atoms with Gasteiger partial charge in [0.25, 0.3) is 0 Å². The standard InChI is InChI=1S/C15H10Br2ClNO/c16-10-6-5-9(7-12(10)18)11(17)8-15-19-13-3-1-2-4-14(13)20-15/h1-7,11H,8H2. The predicted octanol–water partition coefficient (Wildman–Crippen LogP) is 5.92. The second kappa shape index (κ2) is 5.88. The Balaban J connectivity index is 1.84. The van der Waals surface area contributed by atoms with E-state index in [2.05, 4.69) is 36.8 Å². The van der Waals surface area contributed by atoms with Gasteiger partial charge in [0, 0.05) is 15.7 Å². The highest BCUT2D eigenvalue weighted by molar-refractivity contribution is 9.10. The highest BCUT2D eigenvalue weighted by Gasteiger charge is 2.14. The van der Waals surface area contributed by atoms with Crippen LogP contribution >= 0.6 is 43.5 Å². The van der Waals surface area contributed by atoms with Crippen LogP contribution in [0.2, 0.25) is 5.02 Å². The summed E-state index contributed by atoms with van der Waals surface area (Å²) in [5.74, 6) is 0.715.